The molecule has 8 nitrogen and oxygen atoms in total. The van der Waals surface area contributed by atoms with Crippen molar-refractivity contribution >= 4 is 11.9 Å². The van der Waals surface area contributed by atoms with Gasteiger partial charge in [-0.15, -0.1) is 0 Å². The second kappa shape index (κ2) is 12.8. The van der Waals surface area contributed by atoms with E-state index < -0.39 is 18.0 Å². The van der Waals surface area contributed by atoms with Crippen molar-refractivity contribution in [2.45, 2.75) is 57.6 Å². The molecule has 0 radical (unpaired) electrons. The van der Waals surface area contributed by atoms with E-state index >= 15 is 0 Å². The maximum atomic E-state index is 12.7. The van der Waals surface area contributed by atoms with Crippen LogP contribution in [0.4, 0.5) is 0 Å². The molecule has 0 spiro atoms. The number of hydrogen-bond donors (Lipinski definition) is 2. The topological polar surface area (TPSA) is 125 Å². The fourth-order valence-electron chi connectivity index (χ4n) is 4.76. The van der Waals surface area contributed by atoms with Crippen molar-refractivity contribution in [2.24, 2.45) is 5.73 Å². The van der Waals surface area contributed by atoms with Gasteiger partial charge in [-0.05, 0) is 79.1 Å². The van der Waals surface area contributed by atoms with Gasteiger partial charge in [0.05, 0.1) is 12.3 Å². The molecule has 0 bridgehead atoms. The molecule has 1 saturated carbocycles. The van der Waals surface area contributed by atoms with Crippen LogP contribution in [0.5, 0.6) is 5.75 Å². The SMILES string of the molecule is Cc1oc(-c2ccc(-c3ccccc3)cc2)nc1CCOc1ccc(CCC(=O)O)c(C(N)C(=O)OC2CCC2)c1. The molecule has 1 unspecified atom stereocenters. The number of carbonyl (C=O) groups is 2. The first-order valence-electron chi connectivity index (χ1n) is 13.9. The molecule has 1 heterocycles. The fraction of sp³-hybridized carbons (Fsp3) is 0.303. The molecular weight excluding hydrogens is 520 g/mol. The standard InChI is InChI=1S/C33H34N2O6/c1-21-29(35-32(40-21)25-12-10-23(11-13-25)22-6-3-2-4-7-22)18-19-39-27-16-14-24(15-17-30(36)37)28(20-27)31(34)33(38)41-26-8-5-9-26/h2-4,6-7,10-14,16,20,26,31H,5,8-9,15,17-19,34H2,1H3,(H,36,37). The summed E-state index contributed by atoms with van der Waals surface area (Å²) in [5, 5.41) is 9.15. The molecule has 4 aromatic rings. The van der Waals surface area contributed by atoms with Crippen molar-refractivity contribution in [1.82, 2.24) is 4.98 Å². The molecule has 1 atom stereocenters. The van der Waals surface area contributed by atoms with Gasteiger partial charge in [-0.3, -0.25) is 4.79 Å². The highest BCUT2D eigenvalue weighted by Crippen LogP contribution is 2.29. The minimum atomic E-state index is -1.02. The van der Waals surface area contributed by atoms with Crippen molar-refractivity contribution in [3.63, 3.8) is 0 Å². The quantitative estimate of drug-likeness (QED) is 0.203. The van der Waals surface area contributed by atoms with Crippen LogP contribution in [-0.4, -0.2) is 34.7 Å². The van der Waals surface area contributed by atoms with Gasteiger partial charge in [0.15, 0.2) is 0 Å². The summed E-state index contributed by atoms with van der Waals surface area (Å²) in [6, 6.07) is 22.5. The van der Waals surface area contributed by atoms with Crippen LogP contribution < -0.4 is 10.5 Å². The Morgan fingerprint density at radius 1 is 1.00 bits per heavy atom. The Morgan fingerprint density at radius 3 is 2.39 bits per heavy atom. The van der Waals surface area contributed by atoms with Crippen LogP contribution in [0.2, 0.25) is 0 Å². The monoisotopic (exact) mass is 554 g/mol. The van der Waals surface area contributed by atoms with Crippen molar-refractivity contribution in [3.05, 3.63) is 95.4 Å². The number of carboxylic acids is 1. The number of hydrogen-bond acceptors (Lipinski definition) is 7. The third-order valence-electron chi connectivity index (χ3n) is 7.39. The summed E-state index contributed by atoms with van der Waals surface area (Å²) in [4.78, 5) is 28.5. The van der Waals surface area contributed by atoms with Crippen LogP contribution in [0.3, 0.4) is 0 Å². The fourth-order valence-corrected chi connectivity index (χ4v) is 4.76. The number of carboxylic acid groups (broad SMARTS) is 1. The Kier molecular flexibility index (Phi) is 8.79. The van der Waals surface area contributed by atoms with E-state index in [-0.39, 0.29) is 18.9 Å². The zero-order chi connectivity index (χ0) is 28.8. The van der Waals surface area contributed by atoms with Gasteiger partial charge in [0.2, 0.25) is 5.89 Å². The Bertz CT molecular complexity index is 1490. The van der Waals surface area contributed by atoms with Crippen molar-refractivity contribution < 1.29 is 28.6 Å². The van der Waals surface area contributed by atoms with Gasteiger partial charge in [0.1, 0.15) is 23.7 Å². The Labute approximate surface area is 239 Å². The molecule has 8 heteroatoms. The molecule has 0 amide bonds. The van der Waals surface area contributed by atoms with Gasteiger partial charge in [0.25, 0.3) is 0 Å². The highest BCUT2D eigenvalue weighted by Gasteiger charge is 2.27. The molecule has 0 aliphatic heterocycles. The number of esters is 1. The molecule has 1 fully saturated rings. The van der Waals surface area contributed by atoms with E-state index in [9.17, 15) is 9.59 Å². The molecule has 0 saturated heterocycles. The third kappa shape index (κ3) is 7.02. The van der Waals surface area contributed by atoms with E-state index in [2.05, 4.69) is 24.3 Å². The number of ether oxygens (including phenoxy) is 2. The number of aliphatic carboxylic acids is 1. The van der Waals surface area contributed by atoms with Gasteiger partial charge < -0.3 is 24.7 Å². The summed E-state index contributed by atoms with van der Waals surface area (Å²) in [5.74, 6) is 0.380. The number of aryl methyl sites for hydroxylation is 2. The molecule has 1 aliphatic carbocycles. The lowest BCUT2D eigenvalue weighted by atomic mass is 9.95. The second-order valence-corrected chi connectivity index (χ2v) is 10.3. The number of carbonyl (C=O) groups excluding carboxylic acids is 1. The molecule has 5 rings (SSSR count). The number of rotatable bonds is 12. The van der Waals surface area contributed by atoms with Crippen LogP contribution >= 0.6 is 0 Å². The average Bonchev–Trinajstić information content (AvgIpc) is 3.34. The van der Waals surface area contributed by atoms with E-state index in [0.29, 0.717) is 35.8 Å². The first-order valence-corrected chi connectivity index (χ1v) is 13.9. The summed E-state index contributed by atoms with van der Waals surface area (Å²) in [5.41, 5.74) is 11.4. The van der Waals surface area contributed by atoms with E-state index in [1.807, 2.05) is 37.3 Å². The highest BCUT2D eigenvalue weighted by molar-refractivity contribution is 5.78. The Balaban J connectivity index is 1.24. The van der Waals surface area contributed by atoms with E-state index in [0.717, 1.165) is 47.4 Å². The zero-order valence-corrected chi connectivity index (χ0v) is 23.0. The van der Waals surface area contributed by atoms with Gasteiger partial charge >= 0.3 is 11.9 Å². The van der Waals surface area contributed by atoms with Crippen LogP contribution in [0, 0.1) is 6.92 Å². The zero-order valence-electron chi connectivity index (χ0n) is 23.0. The van der Waals surface area contributed by atoms with Crippen molar-refractivity contribution in [2.75, 3.05) is 6.61 Å². The summed E-state index contributed by atoms with van der Waals surface area (Å²) < 4.78 is 17.5. The molecule has 3 aromatic carbocycles. The van der Waals surface area contributed by atoms with Crippen LogP contribution in [0.25, 0.3) is 22.6 Å². The molecule has 1 aromatic heterocycles. The van der Waals surface area contributed by atoms with Crippen LogP contribution in [0.15, 0.2) is 77.2 Å². The lowest BCUT2D eigenvalue weighted by Gasteiger charge is -2.27. The first kappa shape index (κ1) is 28.1. The van der Waals surface area contributed by atoms with Gasteiger partial charge in [0, 0.05) is 18.4 Å². The predicted molar refractivity (Wildman–Crippen MR) is 154 cm³/mol. The van der Waals surface area contributed by atoms with Crippen LogP contribution in [-0.2, 0) is 27.2 Å². The number of nitrogens with two attached hydrogens (primary N) is 1. The van der Waals surface area contributed by atoms with Crippen molar-refractivity contribution in [3.8, 4) is 28.3 Å². The smallest absolute Gasteiger partial charge is 0.327 e. The van der Waals surface area contributed by atoms with E-state index in [4.69, 9.17) is 29.7 Å². The van der Waals surface area contributed by atoms with Crippen molar-refractivity contribution in [1.29, 1.82) is 0 Å². The third-order valence-corrected chi connectivity index (χ3v) is 7.39. The number of aromatic nitrogens is 1. The molecule has 212 valence electrons. The Hall–Kier alpha value is -4.43. The van der Waals surface area contributed by atoms with Gasteiger partial charge in [-0.25, -0.2) is 9.78 Å². The normalized spacial score (nSPS) is 13.8. The lowest BCUT2D eigenvalue weighted by molar-refractivity contribution is -0.154. The number of benzene rings is 3. The molecule has 1 aliphatic rings. The Morgan fingerprint density at radius 2 is 1.71 bits per heavy atom. The predicted octanol–water partition coefficient (Wildman–Crippen LogP) is 6.05. The largest absolute Gasteiger partial charge is 0.493 e. The minimum absolute atomic E-state index is 0.0691. The summed E-state index contributed by atoms with van der Waals surface area (Å²) in [6.07, 6.45) is 3.33. The summed E-state index contributed by atoms with van der Waals surface area (Å²) >= 11 is 0. The number of nitrogens with zero attached hydrogens (tertiary/aromatic N) is 1. The molecular formula is C33H34N2O6. The molecule has 3 N–H and O–H groups in total. The summed E-state index contributed by atoms with van der Waals surface area (Å²) in [6.45, 7) is 2.21. The maximum absolute atomic E-state index is 12.7. The van der Waals surface area contributed by atoms with E-state index in [1.165, 1.54) is 0 Å². The van der Waals surface area contributed by atoms with E-state index in [1.54, 1.807) is 18.2 Å². The number of oxazole rings is 1. The summed E-state index contributed by atoms with van der Waals surface area (Å²) in [7, 11) is 0. The maximum Gasteiger partial charge on any atom is 0.327 e. The first-order chi connectivity index (χ1) is 19.9. The second-order valence-electron chi connectivity index (χ2n) is 10.3. The molecule has 41 heavy (non-hydrogen) atoms. The lowest BCUT2D eigenvalue weighted by Crippen LogP contribution is -2.32. The van der Waals surface area contributed by atoms with Gasteiger partial charge in [-0.2, -0.15) is 0 Å². The highest BCUT2D eigenvalue weighted by atomic mass is 16.5. The van der Waals surface area contributed by atoms with Gasteiger partial charge in [-0.1, -0.05) is 48.5 Å². The van der Waals surface area contributed by atoms with Crippen LogP contribution in [0.1, 0.15) is 54.3 Å². The minimum Gasteiger partial charge on any atom is -0.493 e. The average molecular weight is 555 g/mol.